The molecule has 10 heteroatoms. The number of carbonyl (C=O) groups excluding carboxylic acids is 1. The van der Waals surface area contributed by atoms with Crippen LogP contribution in [-0.2, 0) is 21.0 Å². The van der Waals surface area contributed by atoms with Gasteiger partial charge in [-0.2, -0.15) is 17.5 Å². The zero-order chi connectivity index (χ0) is 28.9. The van der Waals surface area contributed by atoms with Gasteiger partial charge in [0.2, 0.25) is 15.9 Å². The van der Waals surface area contributed by atoms with Gasteiger partial charge < -0.3 is 10.2 Å². The Labute approximate surface area is 236 Å². The first kappa shape index (κ1) is 30.5. The van der Waals surface area contributed by atoms with E-state index in [1.165, 1.54) is 9.87 Å². The van der Waals surface area contributed by atoms with E-state index < -0.39 is 27.8 Å². The average molecular weight is 580 g/mol. The molecule has 1 heterocycles. The zero-order valence-electron chi connectivity index (χ0n) is 23.2. The third-order valence-corrected chi connectivity index (χ3v) is 10.4. The van der Waals surface area contributed by atoms with Crippen LogP contribution in [-0.4, -0.2) is 56.8 Å². The second-order valence-corrected chi connectivity index (χ2v) is 13.3. The van der Waals surface area contributed by atoms with Gasteiger partial charge >= 0.3 is 6.18 Å². The van der Waals surface area contributed by atoms with E-state index in [2.05, 4.69) is 48.6 Å². The lowest BCUT2D eigenvalue weighted by Crippen LogP contribution is -2.46. The van der Waals surface area contributed by atoms with Gasteiger partial charge in [0, 0.05) is 31.6 Å². The van der Waals surface area contributed by atoms with Crippen molar-refractivity contribution in [3.63, 3.8) is 0 Å². The molecule has 0 bridgehead atoms. The summed E-state index contributed by atoms with van der Waals surface area (Å²) in [5.74, 6) is 0.754. The van der Waals surface area contributed by atoms with E-state index in [1.807, 2.05) is 6.07 Å². The highest BCUT2D eigenvalue weighted by Crippen LogP contribution is 2.39. The molecule has 0 spiro atoms. The summed E-state index contributed by atoms with van der Waals surface area (Å²) in [7, 11) is 0.226. The Morgan fingerprint density at radius 3 is 2.23 bits per heavy atom. The standard InChI is InChI=1S/C30H40F3N3O3S/c1-35(2)29(23-8-4-3-5-9-23)24-13-11-22(12-14-24)21-34-28(37)20-26-10-6-7-19-36(26)40(38,39)27-17-15-25(16-18-27)30(31,32)33/h3-5,8-9,15-18,22,24,26,29H,6-7,10-14,19-21H2,1-2H3,(H,34,37). The molecule has 6 nitrogen and oxygen atoms in total. The molecule has 1 amide bonds. The van der Waals surface area contributed by atoms with Crippen molar-refractivity contribution >= 4 is 15.9 Å². The molecule has 4 rings (SSSR count). The summed E-state index contributed by atoms with van der Waals surface area (Å²) in [6.45, 7) is 0.821. The number of rotatable bonds is 9. The fourth-order valence-electron chi connectivity index (χ4n) is 6.34. The SMILES string of the molecule is CN(C)C(c1ccccc1)C1CCC(CNC(=O)CC2CCCCN2S(=O)(=O)c2ccc(C(F)(F)F)cc2)CC1. The zero-order valence-corrected chi connectivity index (χ0v) is 24.1. The summed E-state index contributed by atoms with van der Waals surface area (Å²) in [5.41, 5.74) is 0.430. The van der Waals surface area contributed by atoms with Gasteiger partial charge in [0.05, 0.1) is 10.5 Å². The number of nitrogens with zero attached hydrogens (tertiary/aromatic N) is 2. The van der Waals surface area contributed by atoms with Crippen molar-refractivity contribution < 1.29 is 26.4 Å². The maximum atomic E-state index is 13.3. The van der Waals surface area contributed by atoms with Crippen LogP contribution in [0.2, 0.25) is 0 Å². The number of carbonyl (C=O) groups is 1. The number of amides is 1. The first-order valence-electron chi connectivity index (χ1n) is 14.1. The number of sulfonamides is 1. The summed E-state index contributed by atoms with van der Waals surface area (Å²) in [6.07, 6.45) is 1.73. The fourth-order valence-corrected chi connectivity index (χ4v) is 8.03. The van der Waals surface area contributed by atoms with Crippen LogP contribution in [0.1, 0.15) is 68.5 Å². The van der Waals surface area contributed by atoms with Crippen LogP contribution in [0.4, 0.5) is 13.2 Å². The minimum Gasteiger partial charge on any atom is -0.356 e. The van der Waals surface area contributed by atoms with Gasteiger partial charge in [-0.3, -0.25) is 4.79 Å². The largest absolute Gasteiger partial charge is 0.416 e. The van der Waals surface area contributed by atoms with Gasteiger partial charge in [0.25, 0.3) is 0 Å². The van der Waals surface area contributed by atoms with Gasteiger partial charge in [-0.15, -0.1) is 0 Å². The summed E-state index contributed by atoms with van der Waals surface area (Å²) in [5, 5.41) is 3.04. The second kappa shape index (κ2) is 13.0. The van der Waals surface area contributed by atoms with Gasteiger partial charge in [0.1, 0.15) is 0 Å². The molecule has 2 aliphatic rings. The van der Waals surface area contributed by atoms with Crippen LogP contribution >= 0.6 is 0 Å². The maximum Gasteiger partial charge on any atom is 0.416 e. The molecule has 2 aromatic rings. The van der Waals surface area contributed by atoms with Crippen molar-refractivity contribution in [1.82, 2.24) is 14.5 Å². The molecule has 1 N–H and O–H groups in total. The minimum absolute atomic E-state index is 0.0475. The van der Waals surface area contributed by atoms with Gasteiger partial charge in [-0.1, -0.05) is 36.8 Å². The van der Waals surface area contributed by atoms with Crippen molar-refractivity contribution in [2.75, 3.05) is 27.2 Å². The quantitative estimate of drug-likeness (QED) is 0.404. The van der Waals surface area contributed by atoms with Crippen molar-refractivity contribution in [2.45, 2.75) is 74.5 Å². The molecule has 1 aliphatic carbocycles. The van der Waals surface area contributed by atoms with E-state index in [1.54, 1.807) is 0 Å². The lowest BCUT2D eigenvalue weighted by Gasteiger charge is -2.38. The van der Waals surface area contributed by atoms with Crippen LogP contribution in [0.3, 0.4) is 0 Å². The molecule has 2 atom stereocenters. The monoisotopic (exact) mass is 579 g/mol. The number of halogens is 3. The molecule has 220 valence electrons. The Morgan fingerprint density at radius 1 is 0.975 bits per heavy atom. The van der Waals surface area contributed by atoms with Crippen molar-refractivity contribution in [2.24, 2.45) is 11.8 Å². The molecular formula is C30H40F3N3O3S. The van der Waals surface area contributed by atoms with E-state index >= 15 is 0 Å². The predicted molar refractivity (Wildman–Crippen MR) is 149 cm³/mol. The highest BCUT2D eigenvalue weighted by atomic mass is 32.2. The van der Waals surface area contributed by atoms with Gasteiger partial charge in [0.15, 0.2) is 0 Å². The number of benzene rings is 2. The number of hydrogen-bond donors (Lipinski definition) is 1. The summed E-state index contributed by atoms with van der Waals surface area (Å²) in [6, 6.07) is 14.0. The molecule has 1 saturated heterocycles. The third kappa shape index (κ3) is 7.44. The Balaban J connectivity index is 1.30. The number of nitrogens with one attached hydrogen (secondary N) is 1. The van der Waals surface area contributed by atoms with Crippen LogP contribution in [0.5, 0.6) is 0 Å². The van der Waals surface area contributed by atoms with Gasteiger partial charge in [-0.05, 0) is 94.3 Å². The van der Waals surface area contributed by atoms with E-state index in [-0.39, 0.29) is 23.8 Å². The Kier molecular flexibility index (Phi) is 9.95. The lowest BCUT2D eigenvalue weighted by atomic mass is 9.76. The molecule has 2 unspecified atom stereocenters. The smallest absolute Gasteiger partial charge is 0.356 e. The molecule has 0 radical (unpaired) electrons. The van der Waals surface area contributed by atoms with Gasteiger partial charge in [-0.25, -0.2) is 8.42 Å². The van der Waals surface area contributed by atoms with Crippen LogP contribution in [0, 0.1) is 11.8 Å². The molecule has 1 aliphatic heterocycles. The first-order chi connectivity index (χ1) is 19.0. The molecule has 1 saturated carbocycles. The predicted octanol–water partition coefficient (Wildman–Crippen LogP) is 5.86. The van der Waals surface area contributed by atoms with Crippen LogP contribution < -0.4 is 5.32 Å². The van der Waals surface area contributed by atoms with Crippen LogP contribution in [0.15, 0.2) is 59.5 Å². The topological polar surface area (TPSA) is 69.7 Å². The lowest BCUT2D eigenvalue weighted by molar-refractivity contribution is -0.137. The van der Waals surface area contributed by atoms with Crippen LogP contribution in [0.25, 0.3) is 0 Å². The Morgan fingerprint density at radius 2 is 1.62 bits per heavy atom. The Bertz CT molecular complexity index is 1210. The number of alkyl halides is 3. The fraction of sp³-hybridized carbons (Fsp3) is 0.567. The Hall–Kier alpha value is -2.43. The molecule has 40 heavy (non-hydrogen) atoms. The van der Waals surface area contributed by atoms with E-state index in [4.69, 9.17) is 0 Å². The molecule has 0 aromatic heterocycles. The van der Waals surface area contributed by atoms with E-state index in [9.17, 15) is 26.4 Å². The van der Waals surface area contributed by atoms with Crippen molar-refractivity contribution in [3.05, 3.63) is 65.7 Å². The van der Waals surface area contributed by atoms with Crippen molar-refractivity contribution in [1.29, 1.82) is 0 Å². The van der Waals surface area contributed by atoms with Crippen molar-refractivity contribution in [3.8, 4) is 0 Å². The summed E-state index contributed by atoms with van der Waals surface area (Å²) < 4.78 is 66.7. The molecule has 2 fully saturated rings. The minimum atomic E-state index is -4.54. The average Bonchev–Trinajstić information content (AvgIpc) is 2.93. The highest BCUT2D eigenvalue weighted by molar-refractivity contribution is 7.89. The first-order valence-corrected chi connectivity index (χ1v) is 15.6. The number of hydrogen-bond acceptors (Lipinski definition) is 4. The molecular weight excluding hydrogens is 539 g/mol. The van der Waals surface area contributed by atoms with E-state index in [0.29, 0.717) is 37.3 Å². The third-order valence-electron chi connectivity index (χ3n) is 8.41. The highest BCUT2D eigenvalue weighted by Gasteiger charge is 2.36. The molecule has 2 aromatic carbocycles. The second-order valence-electron chi connectivity index (χ2n) is 11.4. The normalized spacial score (nSPS) is 23.6. The summed E-state index contributed by atoms with van der Waals surface area (Å²) >= 11 is 0. The summed E-state index contributed by atoms with van der Waals surface area (Å²) in [4.78, 5) is 15.0. The number of piperidine rings is 1. The maximum absolute atomic E-state index is 13.3. The van der Waals surface area contributed by atoms with E-state index in [0.717, 1.165) is 56.4 Å².